The number of hydrogen-bond acceptors (Lipinski definition) is 6. The average molecular weight is 555 g/mol. The number of carbonyl (C=O) groups is 2. The summed E-state index contributed by atoms with van der Waals surface area (Å²) in [5, 5.41) is 2.51. The maximum absolute atomic E-state index is 12.5. The number of rotatable bonds is 4. The molecule has 5 heterocycles. The number of Topliss-reactive ketones (excluding diaryl/α,β-unsaturated/α-hetero) is 2. The Bertz CT molecular complexity index is 1560. The fourth-order valence-corrected chi connectivity index (χ4v) is 4.71. The third-order valence-electron chi connectivity index (χ3n) is 6.52. The van der Waals surface area contributed by atoms with Gasteiger partial charge in [-0.25, -0.2) is 4.98 Å². The van der Waals surface area contributed by atoms with E-state index in [1.165, 1.54) is 13.0 Å². The van der Waals surface area contributed by atoms with Crippen LogP contribution in [0, 0.1) is 0 Å². The van der Waals surface area contributed by atoms with Crippen LogP contribution in [0.25, 0.3) is 27.3 Å². The average Bonchev–Trinajstić information content (AvgIpc) is 3.34. The van der Waals surface area contributed by atoms with Gasteiger partial charge in [-0.2, -0.15) is 26.3 Å². The molecule has 0 unspecified atom stereocenters. The number of H-pyrrole nitrogens is 1. The van der Waals surface area contributed by atoms with Crippen molar-refractivity contribution >= 4 is 38.9 Å². The summed E-state index contributed by atoms with van der Waals surface area (Å²) in [6, 6.07) is 3.91. The van der Waals surface area contributed by atoms with Crippen molar-refractivity contribution in [2.75, 3.05) is 19.6 Å². The molecule has 0 radical (unpaired) electrons. The van der Waals surface area contributed by atoms with Gasteiger partial charge in [0.1, 0.15) is 5.65 Å². The molecule has 0 saturated carbocycles. The lowest BCUT2D eigenvalue weighted by Gasteiger charge is -2.30. The van der Waals surface area contributed by atoms with E-state index in [0.29, 0.717) is 11.3 Å². The van der Waals surface area contributed by atoms with Gasteiger partial charge in [-0.3, -0.25) is 23.8 Å². The van der Waals surface area contributed by atoms with E-state index >= 15 is 0 Å². The Morgan fingerprint density at radius 2 is 1.67 bits per heavy atom. The molecule has 14 heteroatoms. The number of ketones is 2. The first-order valence-electron chi connectivity index (χ1n) is 12.0. The molecule has 0 bridgehead atoms. The smallest absolute Gasteiger partial charge is 0.328 e. The maximum Gasteiger partial charge on any atom is 0.458 e. The third kappa shape index (κ3) is 5.79. The van der Waals surface area contributed by atoms with Crippen molar-refractivity contribution in [1.82, 2.24) is 24.3 Å². The number of nitrogens with one attached hydrogen (secondary N) is 1. The predicted molar refractivity (Wildman–Crippen MR) is 129 cm³/mol. The van der Waals surface area contributed by atoms with Gasteiger partial charge in [0.2, 0.25) is 0 Å². The van der Waals surface area contributed by atoms with Crippen LogP contribution >= 0.6 is 0 Å². The van der Waals surface area contributed by atoms with Crippen LogP contribution in [0.3, 0.4) is 0 Å². The van der Waals surface area contributed by atoms with Crippen LogP contribution in [0.1, 0.15) is 37.8 Å². The van der Waals surface area contributed by atoms with Gasteiger partial charge in [-0.05, 0) is 51.0 Å². The lowest BCUT2D eigenvalue weighted by molar-refractivity contribution is -0.193. The number of piperidine rings is 1. The molecule has 0 amide bonds. The molecule has 208 valence electrons. The molecule has 5 rings (SSSR count). The second-order valence-corrected chi connectivity index (χ2v) is 9.12. The quantitative estimate of drug-likeness (QED) is 0.225. The van der Waals surface area contributed by atoms with Gasteiger partial charge in [0.15, 0.2) is 0 Å². The van der Waals surface area contributed by atoms with E-state index < -0.39 is 23.9 Å². The molecule has 0 atom stereocenters. The summed E-state index contributed by atoms with van der Waals surface area (Å²) < 4.78 is 69.0. The summed E-state index contributed by atoms with van der Waals surface area (Å²) in [4.78, 5) is 46.4. The maximum atomic E-state index is 12.5. The minimum Gasteiger partial charge on any atom is -0.328 e. The number of alkyl halides is 6. The zero-order chi connectivity index (χ0) is 28.5. The number of likely N-dealkylation sites (tertiary alicyclic amines) is 1. The number of halogens is 6. The van der Waals surface area contributed by atoms with E-state index in [0.717, 1.165) is 53.6 Å². The number of pyridine rings is 3. The molecular formula is C25H23F6N5O3. The number of hydrogen-bond donors (Lipinski definition) is 1. The first kappa shape index (κ1) is 28.2. The topological polar surface area (TPSA) is 100 Å². The minimum absolute atomic E-state index is 0.0875. The highest BCUT2D eigenvalue weighted by molar-refractivity contribution is 6.41. The van der Waals surface area contributed by atoms with E-state index in [4.69, 9.17) is 4.98 Å². The monoisotopic (exact) mass is 555 g/mol. The fourth-order valence-electron chi connectivity index (χ4n) is 4.71. The predicted octanol–water partition coefficient (Wildman–Crippen LogP) is 4.56. The SMILES string of the molecule is CCCN1CCC(c2cn3c4cc[nH]c(=O)c4c4cnccc4c3n2)CC1.O=C(C(=O)C(F)(F)F)C(F)(F)F. The third-order valence-corrected chi connectivity index (χ3v) is 6.52. The van der Waals surface area contributed by atoms with E-state index in [-0.39, 0.29) is 5.56 Å². The highest BCUT2D eigenvalue weighted by Crippen LogP contribution is 2.32. The minimum atomic E-state index is -5.77. The fraction of sp³-hybridized carbons (Fsp3) is 0.400. The zero-order valence-electron chi connectivity index (χ0n) is 20.6. The Kier molecular flexibility index (Phi) is 7.77. The van der Waals surface area contributed by atoms with Crippen LogP contribution < -0.4 is 5.56 Å². The van der Waals surface area contributed by atoms with Crippen molar-refractivity contribution in [3.05, 3.63) is 53.0 Å². The summed E-state index contributed by atoms with van der Waals surface area (Å²) in [6.07, 6.45) is -0.678. The van der Waals surface area contributed by atoms with Crippen molar-refractivity contribution in [3.63, 3.8) is 0 Å². The van der Waals surface area contributed by atoms with Crippen molar-refractivity contribution in [1.29, 1.82) is 0 Å². The van der Waals surface area contributed by atoms with E-state index in [1.807, 2.05) is 12.1 Å². The molecule has 0 spiro atoms. The van der Waals surface area contributed by atoms with Crippen molar-refractivity contribution in [2.45, 2.75) is 44.5 Å². The van der Waals surface area contributed by atoms with Crippen LogP contribution in [0.5, 0.6) is 0 Å². The van der Waals surface area contributed by atoms with Crippen molar-refractivity contribution in [2.24, 2.45) is 0 Å². The Hall–Kier alpha value is -3.81. The molecule has 8 nitrogen and oxygen atoms in total. The molecule has 0 aromatic carbocycles. The molecule has 4 aromatic rings. The van der Waals surface area contributed by atoms with E-state index in [9.17, 15) is 40.7 Å². The van der Waals surface area contributed by atoms with Gasteiger partial charge in [0.05, 0.1) is 16.6 Å². The summed E-state index contributed by atoms with van der Waals surface area (Å²) in [6.45, 7) is 5.69. The van der Waals surface area contributed by atoms with Gasteiger partial charge < -0.3 is 9.88 Å². The Morgan fingerprint density at radius 3 is 2.26 bits per heavy atom. The van der Waals surface area contributed by atoms with Gasteiger partial charge >= 0.3 is 23.9 Å². The Morgan fingerprint density at radius 1 is 1.03 bits per heavy atom. The molecule has 0 aliphatic carbocycles. The van der Waals surface area contributed by atoms with Crippen LogP contribution in [0.15, 0.2) is 41.7 Å². The molecule has 1 N–H and O–H groups in total. The molecule has 1 aliphatic heterocycles. The molecule has 1 aliphatic rings. The van der Waals surface area contributed by atoms with Gasteiger partial charge in [0.25, 0.3) is 5.56 Å². The highest BCUT2D eigenvalue weighted by Gasteiger charge is 2.54. The standard InChI is InChI=1S/C21H23N5O.C4F6O2/c1-2-9-25-10-5-14(6-11-25)17-13-26-18-4-8-23-21(27)19(18)16-12-22-7-3-15(16)20(26)24-17;5-3(6,7)1(11)2(12)4(8,9)10/h3-4,7-8,12-14H,2,5-6,9-11H2,1H3,(H,23,27);. The number of carbonyl (C=O) groups excluding carboxylic acids is 2. The number of fused-ring (bicyclic) bond motifs is 6. The molecule has 39 heavy (non-hydrogen) atoms. The molecule has 1 saturated heterocycles. The summed E-state index contributed by atoms with van der Waals surface area (Å²) in [5.41, 5.74) is 2.85. The highest BCUT2D eigenvalue weighted by atomic mass is 19.4. The second-order valence-electron chi connectivity index (χ2n) is 9.12. The van der Waals surface area contributed by atoms with Gasteiger partial charge in [0, 0.05) is 41.5 Å². The number of aromatic amines is 1. The van der Waals surface area contributed by atoms with Crippen LogP contribution in [-0.2, 0) is 9.59 Å². The molecule has 1 fully saturated rings. The van der Waals surface area contributed by atoms with Crippen LogP contribution in [0.4, 0.5) is 26.3 Å². The number of imidazole rings is 1. The number of aromatic nitrogens is 4. The lowest BCUT2D eigenvalue weighted by atomic mass is 9.94. The van der Waals surface area contributed by atoms with Crippen molar-refractivity contribution < 1.29 is 35.9 Å². The Labute approximate surface area is 216 Å². The lowest BCUT2D eigenvalue weighted by Crippen LogP contribution is -2.39. The summed E-state index contributed by atoms with van der Waals surface area (Å²) in [7, 11) is 0. The van der Waals surface area contributed by atoms with Crippen molar-refractivity contribution in [3.8, 4) is 0 Å². The normalized spacial score (nSPS) is 15.5. The molecular weight excluding hydrogens is 532 g/mol. The zero-order valence-corrected chi connectivity index (χ0v) is 20.6. The van der Waals surface area contributed by atoms with Crippen LogP contribution in [0.2, 0.25) is 0 Å². The first-order chi connectivity index (χ1) is 18.3. The van der Waals surface area contributed by atoms with Gasteiger partial charge in [-0.15, -0.1) is 0 Å². The van der Waals surface area contributed by atoms with E-state index in [1.54, 1.807) is 18.6 Å². The number of nitrogens with zero attached hydrogens (tertiary/aromatic N) is 4. The van der Waals surface area contributed by atoms with E-state index in [2.05, 4.69) is 32.4 Å². The second kappa shape index (κ2) is 10.8. The first-order valence-corrected chi connectivity index (χ1v) is 12.0. The summed E-state index contributed by atoms with van der Waals surface area (Å²) >= 11 is 0. The van der Waals surface area contributed by atoms with Crippen LogP contribution in [-0.4, -0.2) is 67.8 Å². The molecule has 4 aromatic heterocycles. The largest absolute Gasteiger partial charge is 0.458 e. The summed E-state index contributed by atoms with van der Waals surface area (Å²) in [5.74, 6) is -6.34. The Balaban J connectivity index is 0.000000251. The van der Waals surface area contributed by atoms with Gasteiger partial charge in [-0.1, -0.05) is 6.92 Å².